The highest BCUT2D eigenvalue weighted by Crippen LogP contribution is 2.22. The third-order valence-corrected chi connectivity index (χ3v) is 2.91. The number of nitrogens with one attached hydrogen (secondary N) is 1. The molecule has 0 atom stereocenters. The van der Waals surface area contributed by atoms with Crippen molar-refractivity contribution in [3.05, 3.63) is 36.0 Å². The molecule has 0 aliphatic heterocycles. The summed E-state index contributed by atoms with van der Waals surface area (Å²) >= 11 is 0. The van der Waals surface area contributed by atoms with Crippen LogP contribution in [-0.4, -0.2) is 22.6 Å². The lowest BCUT2D eigenvalue weighted by Crippen LogP contribution is -2.06. The highest BCUT2D eigenvalue weighted by Gasteiger charge is 2.05. The van der Waals surface area contributed by atoms with E-state index in [-0.39, 0.29) is 6.10 Å². The van der Waals surface area contributed by atoms with E-state index < -0.39 is 0 Å². The number of aromatic nitrogens is 2. The monoisotopic (exact) mass is 285 g/mol. The molecule has 0 bridgehead atoms. The van der Waals surface area contributed by atoms with Crippen molar-refractivity contribution in [2.24, 2.45) is 0 Å². The highest BCUT2D eigenvalue weighted by molar-refractivity contribution is 5.61. The number of ether oxygens (including phenoxy) is 1. The molecule has 1 N–H and O–H groups in total. The van der Waals surface area contributed by atoms with Crippen molar-refractivity contribution in [1.29, 1.82) is 0 Å². The zero-order chi connectivity index (χ0) is 15.2. The highest BCUT2D eigenvalue weighted by atomic mass is 16.5. The van der Waals surface area contributed by atoms with E-state index in [2.05, 4.69) is 22.2 Å². The topological polar surface area (TPSA) is 47.0 Å². The largest absolute Gasteiger partial charge is 0.491 e. The van der Waals surface area contributed by atoms with E-state index in [0.29, 0.717) is 5.95 Å². The lowest BCUT2D eigenvalue weighted by molar-refractivity contribution is 0.242. The first-order valence-corrected chi connectivity index (χ1v) is 7.45. The zero-order valence-electron chi connectivity index (χ0n) is 13.2. The molecule has 0 radical (unpaired) electrons. The molecule has 1 aromatic carbocycles. The number of hydrogen-bond donors (Lipinski definition) is 1. The minimum atomic E-state index is 0.182. The second-order valence-corrected chi connectivity index (χ2v) is 5.34. The van der Waals surface area contributed by atoms with Gasteiger partial charge in [-0.3, -0.25) is 0 Å². The Labute approximate surface area is 126 Å². The number of nitrogens with zero attached hydrogens (tertiary/aromatic N) is 2. The molecule has 0 saturated carbocycles. The molecule has 1 aromatic heterocycles. The SMILES string of the molecule is CCCNc1nc(C)cc(-c2ccc(OC(C)C)cc2)n1. The second-order valence-electron chi connectivity index (χ2n) is 5.34. The Kier molecular flexibility index (Phi) is 5.14. The van der Waals surface area contributed by atoms with Gasteiger partial charge in [0.1, 0.15) is 5.75 Å². The third-order valence-electron chi connectivity index (χ3n) is 2.91. The van der Waals surface area contributed by atoms with Crippen LogP contribution in [0.15, 0.2) is 30.3 Å². The van der Waals surface area contributed by atoms with Crippen LogP contribution in [0.2, 0.25) is 0 Å². The summed E-state index contributed by atoms with van der Waals surface area (Å²) in [5, 5.41) is 3.24. The van der Waals surface area contributed by atoms with Gasteiger partial charge in [0, 0.05) is 17.8 Å². The van der Waals surface area contributed by atoms with Crippen LogP contribution in [0.4, 0.5) is 5.95 Å². The fourth-order valence-electron chi connectivity index (χ4n) is 2.01. The summed E-state index contributed by atoms with van der Waals surface area (Å²) in [7, 11) is 0. The maximum Gasteiger partial charge on any atom is 0.223 e. The molecule has 21 heavy (non-hydrogen) atoms. The maximum absolute atomic E-state index is 5.66. The molecule has 2 aromatic rings. The zero-order valence-corrected chi connectivity index (χ0v) is 13.2. The van der Waals surface area contributed by atoms with Crippen molar-refractivity contribution in [3.8, 4) is 17.0 Å². The minimum absolute atomic E-state index is 0.182. The van der Waals surface area contributed by atoms with E-state index in [0.717, 1.165) is 35.7 Å². The number of aryl methyl sites for hydroxylation is 1. The van der Waals surface area contributed by atoms with Crippen molar-refractivity contribution in [3.63, 3.8) is 0 Å². The molecule has 2 rings (SSSR count). The smallest absolute Gasteiger partial charge is 0.223 e. The van der Waals surface area contributed by atoms with Crippen LogP contribution >= 0.6 is 0 Å². The van der Waals surface area contributed by atoms with Gasteiger partial charge in [-0.1, -0.05) is 6.92 Å². The summed E-state index contributed by atoms with van der Waals surface area (Å²) in [6, 6.07) is 10.0. The van der Waals surface area contributed by atoms with Crippen molar-refractivity contribution in [1.82, 2.24) is 9.97 Å². The molecular weight excluding hydrogens is 262 g/mol. The number of hydrogen-bond acceptors (Lipinski definition) is 4. The van der Waals surface area contributed by atoms with E-state index in [9.17, 15) is 0 Å². The molecule has 112 valence electrons. The Balaban J connectivity index is 2.22. The summed E-state index contributed by atoms with van der Waals surface area (Å²) in [6.07, 6.45) is 1.23. The standard InChI is InChI=1S/C17H23N3O/c1-5-10-18-17-19-13(4)11-16(20-17)14-6-8-15(9-7-14)21-12(2)3/h6-9,11-12H,5,10H2,1-4H3,(H,18,19,20). The molecule has 0 amide bonds. The first-order valence-electron chi connectivity index (χ1n) is 7.45. The summed E-state index contributed by atoms with van der Waals surface area (Å²) < 4.78 is 5.66. The van der Waals surface area contributed by atoms with Gasteiger partial charge in [0.25, 0.3) is 0 Å². The molecule has 0 aliphatic rings. The number of rotatable bonds is 6. The molecule has 0 spiro atoms. The average Bonchev–Trinajstić information content (AvgIpc) is 2.44. The average molecular weight is 285 g/mol. The fourth-order valence-corrected chi connectivity index (χ4v) is 2.01. The second kappa shape index (κ2) is 7.07. The molecule has 0 saturated heterocycles. The fraction of sp³-hybridized carbons (Fsp3) is 0.412. The molecule has 0 unspecified atom stereocenters. The van der Waals surface area contributed by atoms with Gasteiger partial charge in [-0.15, -0.1) is 0 Å². The van der Waals surface area contributed by atoms with Crippen LogP contribution in [0.25, 0.3) is 11.3 Å². The predicted molar refractivity (Wildman–Crippen MR) is 86.7 cm³/mol. The van der Waals surface area contributed by atoms with Crippen LogP contribution in [0.1, 0.15) is 32.9 Å². The van der Waals surface area contributed by atoms with Crippen LogP contribution in [0.5, 0.6) is 5.75 Å². The van der Waals surface area contributed by atoms with Crippen LogP contribution in [0, 0.1) is 6.92 Å². The Bertz CT molecular complexity index is 579. The van der Waals surface area contributed by atoms with E-state index in [1.54, 1.807) is 0 Å². The summed E-state index contributed by atoms with van der Waals surface area (Å²) in [5.74, 6) is 1.57. The number of anilines is 1. The van der Waals surface area contributed by atoms with E-state index in [4.69, 9.17) is 4.74 Å². The van der Waals surface area contributed by atoms with E-state index in [1.165, 1.54) is 0 Å². The lowest BCUT2D eigenvalue weighted by atomic mass is 10.1. The van der Waals surface area contributed by atoms with E-state index in [1.807, 2.05) is 51.1 Å². The Morgan fingerprint density at radius 1 is 1.14 bits per heavy atom. The molecule has 4 nitrogen and oxygen atoms in total. The van der Waals surface area contributed by atoms with Gasteiger partial charge < -0.3 is 10.1 Å². The number of benzene rings is 1. The maximum atomic E-state index is 5.66. The van der Waals surface area contributed by atoms with Gasteiger partial charge in [0.15, 0.2) is 0 Å². The Hall–Kier alpha value is -2.10. The van der Waals surface area contributed by atoms with E-state index >= 15 is 0 Å². The van der Waals surface area contributed by atoms with Gasteiger partial charge in [-0.25, -0.2) is 9.97 Å². The van der Waals surface area contributed by atoms with Crippen molar-refractivity contribution in [2.75, 3.05) is 11.9 Å². The van der Waals surface area contributed by atoms with Gasteiger partial charge in [0.05, 0.1) is 11.8 Å². The lowest BCUT2D eigenvalue weighted by Gasteiger charge is -2.11. The molecule has 0 fully saturated rings. The Morgan fingerprint density at radius 2 is 1.86 bits per heavy atom. The van der Waals surface area contributed by atoms with Crippen LogP contribution in [0.3, 0.4) is 0 Å². The molecule has 0 aliphatic carbocycles. The van der Waals surface area contributed by atoms with Crippen LogP contribution < -0.4 is 10.1 Å². The quantitative estimate of drug-likeness (QED) is 0.869. The summed E-state index contributed by atoms with van der Waals surface area (Å²) in [6.45, 7) is 9.03. The summed E-state index contributed by atoms with van der Waals surface area (Å²) in [4.78, 5) is 8.98. The molecular formula is C17H23N3O. The van der Waals surface area contributed by atoms with Crippen molar-refractivity contribution >= 4 is 5.95 Å². The van der Waals surface area contributed by atoms with Gasteiger partial charge in [0.2, 0.25) is 5.95 Å². The normalized spacial score (nSPS) is 10.7. The predicted octanol–water partition coefficient (Wildman–Crippen LogP) is 4.06. The molecule has 1 heterocycles. The minimum Gasteiger partial charge on any atom is -0.491 e. The van der Waals surface area contributed by atoms with Crippen molar-refractivity contribution in [2.45, 2.75) is 40.2 Å². The first-order chi connectivity index (χ1) is 10.1. The van der Waals surface area contributed by atoms with Crippen molar-refractivity contribution < 1.29 is 4.74 Å². The van der Waals surface area contributed by atoms with Gasteiger partial charge >= 0.3 is 0 Å². The van der Waals surface area contributed by atoms with Gasteiger partial charge in [-0.2, -0.15) is 0 Å². The third kappa shape index (κ3) is 4.45. The first kappa shape index (κ1) is 15.3. The Morgan fingerprint density at radius 3 is 2.48 bits per heavy atom. The molecule has 4 heteroatoms. The summed E-state index contributed by atoms with van der Waals surface area (Å²) in [5.41, 5.74) is 2.95. The van der Waals surface area contributed by atoms with Crippen LogP contribution in [-0.2, 0) is 0 Å². The van der Waals surface area contributed by atoms with Gasteiger partial charge in [-0.05, 0) is 57.5 Å².